The van der Waals surface area contributed by atoms with Crippen molar-refractivity contribution in [1.82, 2.24) is 4.90 Å². The summed E-state index contributed by atoms with van der Waals surface area (Å²) in [5.74, 6) is 0.0754. The van der Waals surface area contributed by atoms with Gasteiger partial charge in [0.2, 0.25) is 0 Å². The molecule has 1 heterocycles. The van der Waals surface area contributed by atoms with E-state index in [0.717, 1.165) is 45.3 Å². The molecule has 1 saturated heterocycles. The molecule has 0 aromatic carbocycles. The van der Waals surface area contributed by atoms with Crippen LogP contribution in [0.4, 0.5) is 0 Å². The van der Waals surface area contributed by atoms with Crippen molar-refractivity contribution in [1.29, 1.82) is 0 Å². The molecule has 4 heteroatoms. The van der Waals surface area contributed by atoms with Crippen LogP contribution >= 0.6 is 0 Å². The van der Waals surface area contributed by atoms with Gasteiger partial charge in [-0.3, -0.25) is 9.69 Å². The number of rotatable bonds is 4. The third-order valence-electron chi connectivity index (χ3n) is 5.24. The summed E-state index contributed by atoms with van der Waals surface area (Å²) in [5, 5.41) is 9.77. The Kier molecular flexibility index (Phi) is 5.08. The van der Waals surface area contributed by atoms with E-state index in [1.807, 2.05) is 0 Å². The molecule has 0 spiro atoms. The van der Waals surface area contributed by atoms with Crippen LogP contribution in [0.3, 0.4) is 0 Å². The highest BCUT2D eigenvalue weighted by molar-refractivity contribution is 5.75. The molecule has 116 valence electrons. The molecule has 0 aromatic rings. The van der Waals surface area contributed by atoms with Gasteiger partial charge >= 0.3 is 5.97 Å². The second-order valence-corrected chi connectivity index (χ2v) is 6.90. The van der Waals surface area contributed by atoms with Gasteiger partial charge in [-0.05, 0) is 44.9 Å². The number of aliphatic carboxylic acids is 1. The van der Waals surface area contributed by atoms with Crippen molar-refractivity contribution < 1.29 is 14.6 Å². The first-order valence-corrected chi connectivity index (χ1v) is 8.06. The van der Waals surface area contributed by atoms with Crippen molar-refractivity contribution in [2.45, 2.75) is 65.0 Å². The van der Waals surface area contributed by atoms with E-state index in [0.29, 0.717) is 18.5 Å². The van der Waals surface area contributed by atoms with E-state index >= 15 is 0 Å². The number of nitrogens with zero attached hydrogens (tertiary/aromatic N) is 1. The Morgan fingerprint density at radius 1 is 1.35 bits per heavy atom. The molecule has 0 aromatic heterocycles. The molecule has 4 nitrogen and oxygen atoms in total. The Bertz CT molecular complexity index is 337. The summed E-state index contributed by atoms with van der Waals surface area (Å²) < 4.78 is 5.72. The van der Waals surface area contributed by atoms with Crippen molar-refractivity contribution >= 4 is 5.97 Å². The first-order chi connectivity index (χ1) is 9.47. The van der Waals surface area contributed by atoms with Crippen molar-refractivity contribution in [3.63, 3.8) is 0 Å². The maximum atomic E-state index is 11.9. The number of hydrogen-bond acceptors (Lipinski definition) is 3. The lowest BCUT2D eigenvalue weighted by Gasteiger charge is -2.45. The maximum absolute atomic E-state index is 11.9. The second-order valence-electron chi connectivity index (χ2n) is 6.90. The second kappa shape index (κ2) is 6.44. The zero-order valence-corrected chi connectivity index (χ0v) is 13.1. The van der Waals surface area contributed by atoms with Crippen LogP contribution in [0, 0.1) is 11.3 Å². The van der Waals surface area contributed by atoms with Gasteiger partial charge in [-0.25, -0.2) is 0 Å². The third-order valence-corrected chi connectivity index (χ3v) is 5.24. The monoisotopic (exact) mass is 283 g/mol. The summed E-state index contributed by atoms with van der Waals surface area (Å²) in [6.45, 7) is 8.77. The van der Waals surface area contributed by atoms with Gasteiger partial charge < -0.3 is 9.84 Å². The van der Waals surface area contributed by atoms with Crippen LogP contribution in [0.1, 0.15) is 52.9 Å². The van der Waals surface area contributed by atoms with Gasteiger partial charge in [0.25, 0.3) is 0 Å². The highest BCUT2D eigenvalue weighted by atomic mass is 16.5. The third kappa shape index (κ3) is 3.34. The van der Waals surface area contributed by atoms with Crippen LogP contribution < -0.4 is 0 Å². The minimum Gasteiger partial charge on any atom is -0.481 e. The minimum atomic E-state index is -0.599. The van der Waals surface area contributed by atoms with Gasteiger partial charge in [-0.15, -0.1) is 0 Å². The molecule has 2 aliphatic rings. The lowest BCUT2D eigenvalue weighted by Crippen LogP contribution is -2.54. The normalized spacial score (nSPS) is 39.6. The number of morpholine rings is 1. The SMILES string of the molecule is CCC1COC(C)CN1CC1(C(=O)O)CCC(C)CC1. The Morgan fingerprint density at radius 3 is 2.55 bits per heavy atom. The Hall–Kier alpha value is -0.610. The fourth-order valence-corrected chi connectivity index (χ4v) is 3.63. The van der Waals surface area contributed by atoms with Crippen LogP contribution in [0.5, 0.6) is 0 Å². The topological polar surface area (TPSA) is 49.8 Å². The van der Waals surface area contributed by atoms with Gasteiger partial charge in [-0.2, -0.15) is 0 Å². The van der Waals surface area contributed by atoms with E-state index in [1.165, 1.54) is 0 Å². The zero-order chi connectivity index (χ0) is 14.8. The maximum Gasteiger partial charge on any atom is 0.310 e. The number of ether oxygens (including phenoxy) is 1. The van der Waals surface area contributed by atoms with Crippen LogP contribution in [-0.2, 0) is 9.53 Å². The molecule has 1 saturated carbocycles. The number of carbonyl (C=O) groups is 1. The molecule has 0 amide bonds. The fourth-order valence-electron chi connectivity index (χ4n) is 3.63. The number of carboxylic acid groups (broad SMARTS) is 1. The van der Waals surface area contributed by atoms with Gasteiger partial charge in [-0.1, -0.05) is 13.8 Å². The van der Waals surface area contributed by atoms with E-state index in [4.69, 9.17) is 4.74 Å². The largest absolute Gasteiger partial charge is 0.481 e. The number of carboxylic acids is 1. The quantitative estimate of drug-likeness (QED) is 0.862. The predicted molar refractivity (Wildman–Crippen MR) is 78.8 cm³/mol. The molecule has 0 radical (unpaired) electrons. The standard InChI is InChI=1S/C16H29NO3/c1-4-14-10-20-13(3)9-17(14)11-16(15(18)19)7-5-12(2)6-8-16/h12-14H,4-11H2,1-3H3,(H,18,19). The van der Waals surface area contributed by atoms with Gasteiger partial charge in [0.1, 0.15) is 0 Å². The Balaban J connectivity index is 2.08. The summed E-state index contributed by atoms with van der Waals surface area (Å²) in [5.41, 5.74) is -0.531. The minimum absolute atomic E-state index is 0.214. The molecule has 1 aliphatic heterocycles. The van der Waals surface area contributed by atoms with Crippen LogP contribution in [0.25, 0.3) is 0 Å². The molecular weight excluding hydrogens is 254 g/mol. The predicted octanol–water partition coefficient (Wildman–Crippen LogP) is 2.77. The van der Waals surface area contributed by atoms with E-state index in [-0.39, 0.29) is 6.10 Å². The van der Waals surface area contributed by atoms with Crippen LogP contribution in [0.2, 0.25) is 0 Å². The average molecular weight is 283 g/mol. The molecule has 0 bridgehead atoms. The highest BCUT2D eigenvalue weighted by Gasteiger charge is 2.44. The molecule has 1 aliphatic carbocycles. The van der Waals surface area contributed by atoms with Crippen LogP contribution in [-0.4, -0.2) is 47.8 Å². The molecule has 2 unspecified atom stereocenters. The fraction of sp³-hybridized carbons (Fsp3) is 0.938. The summed E-state index contributed by atoms with van der Waals surface area (Å²) >= 11 is 0. The van der Waals surface area contributed by atoms with Gasteiger partial charge in [0, 0.05) is 19.1 Å². The van der Waals surface area contributed by atoms with Gasteiger partial charge in [0.05, 0.1) is 18.1 Å². The Labute approximate surface area is 122 Å². The van der Waals surface area contributed by atoms with E-state index in [9.17, 15) is 9.90 Å². The van der Waals surface area contributed by atoms with Gasteiger partial charge in [0.15, 0.2) is 0 Å². The van der Waals surface area contributed by atoms with E-state index in [2.05, 4.69) is 25.7 Å². The van der Waals surface area contributed by atoms with Crippen molar-refractivity contribution in [2.75, 3.05) is 19.7 Å². The van der Waals surface area contributed by atoms with Crippen molar-refractivity contribution in [2.24, 2.45) is 11.3 Å². The van der Waals surface area contributed by atoms with E-state index in [1.54, 1.807) is 0 Å². The van der Waals surface area contributed by atoms with Crippen molar-refractivity contribution in [3.05, 3.63) is 0 Å². The zero-order valence-electron chi connectivity index (χ0n) is 13.1. The molecular formula is C16H29NO3. The van der Waals surface area contributed by atoms with E-state index < -0.39 is 11.4 Å². The summed E-state index contributed by atoms with van der Waals surface area (Å²) in [7, 11) is 0. The highest BCUT2D eigenvalue weighted by Crippen LogP contribution is 2.40. The Morgan fingerprint density at radius 2 is 2.00 bits per heavy atom. The molecule has 2 atom stereocenters. The first-order valence-electron chi connectivity index (χ1n) is 8.06. The lowest BCUT2D eigenvalue weighted by atomic mass is 9.70. The lowest BCUT2D eigenvalue weighted by molar-refractivity contribution is -0.156. The molecule has 1 N–H and O–H groups in total. The summed E-state index contributed by atoms with van der Waals surface area (Å²) in [4.78, 5) is 14.2. The van der Waals surface area contributed by atoms with Crippen LogP contribution in [0.15, 0.2) is 0 Å². The first kappa shape index (κ1) is 15.8. The average Bonchev–Trinajstić information content (AvgIpc) is 2.41. The molecule has 2 fully saturated rings. The molecule has 20 heavy (non-hydrogen) atoms. The molecule has 2 rings (SSSR count). The summed E-state index contributed by atoms with van der Waals surface area (Å²) in [6, 6.07) is 0.377. The smallest absolute Gasteiger partial charge is 0.310 e. The van der Waals surface area contributed by atoms with Crippen molar-refractivity contribution in [3.8, 4) is 0 Å². The number of hydrogen-bond donors (Lipinski definition) is 1. The summed E-state index contributed by atoms with van der Waals surface area (Å²) in [6.07, 6.45) is 4.98.